The van der Waals surface area contributed by atoms with Crippen LogP contribution in [0.15, 0.2) is 53.1 Å². The molecule has 6 heteroatoms. The molecule has 4 nitrogen and oxygen atoms in total. The average molecular weight is 361 g/mol. The smallest absolute Gasteiger partial charge is 0.280 e. The number of methoxy groups -OCH3 is 1. The lowest BCUT2D eigenvalue weighted by molar-refractivity contribution is -0.114. The van der Waals surface area contributed by atoms with Crippen LogP contribution in [0.4, 0.5) is 5.69 Å². The van der Waals surface area contributed by atoms with E-state index in [1.165, 1.54) is 5.01 Å². The molecule has 0 radical (unpaired) electrons. The van der Waals surface area contributed by atoms with Crippen LogP contribution in [0.3, 0.4) is 0 Å². The number of para-hydroxylation sites is 1. The van der Waals surface area contributed by atoms with E-state index in [0.717, 1.165) is 5.56 Å². The van der Waals surface area contributed by atoms with Crippen molar-refractivity contribution in [3.8, 4) is 5.75 Å². The van der Waals surface area contributed by atoms with Gasteiger partial charge in [-0.1, -0.05) is 41.4 Å². The molecule has 0 bridgehead atoms. The first-order valence-electron chi connectivity index (χ1n) is 7.21. The van der Waals surface area contributed by atoms with E-state index in [9.17, 15) is 4.79 Å². The van der Waals surface area contributed by atoms with Crippen molar-refractivity contribution < 1.29 is 9.53 Å². The zero-order valence-electron chi connectivity index (χ0n) is 13.1. The van der Waals surface area contributed by atoms with Gasteiger partial charge in [0.2, 0.25) is 0 Å². The summed E-state index contributed by atoms with van der Waals surface area (Å²) in [4.78, 5) is 12.7. The maximum Gasteiger partial charge on any atom is 0.280 e. The van der Waals surface area contributed by atoms with Crippen LogP contribution in [0, 0.1) is 0 Å². The monoisotopic (exact) mass is 360 g/mol. The van der Waals surface area contributed by atoms with Gasteiger partial charge in [-0.25, -0.2) is 0 Å². The summed E-state index contributed by atoms with van der Waals surface area (Å²) in [7, 11) is 1.59. The maximum absolute atomic E-state index is 12.7. The number of hydrogen-bond acceptors (Lipinski definition) is 3. The Kier molecular flexibility index (Phi) is 4.60. The third-order valence-corrected chi connectivity index (χ3v) is 4.39. The number of carbonyl (C=O) groups is 1. The van der Waals surface area contributed by atoms with E-state index in [-0.39, 0.29) is 5.91 Å². The Hall–Kier alpha value is -2.30. The van der Waals surface area contributed by atoms with Crippen molar-refractivity contribution in [1.82, 2.24) is 0 Å². The van der Waals surface area contributed by atoms with E-state index >= 15 is 0 Å². The molecule has 0 N–H and O–H groups in total. The molecular formula is C18H14Cl2N2O2. The molecule has 1 aliphatic rings. The molecule has 24 heavy (non-hydrogen) atoms. The van der Waals surface area contributed by atoms with E-state index in [1.54, 1.807) is 38.3 Å². The molecule has 122 valence electrons. The van der Waals surface area contributed by atoms with Gasteiger partial charge in [0, 0.05) is 5.56 Å². The number of benzene rings is 2. The highest BCUT2D eigenvalue weighted by atomic mass is 35.5. The number of rotatable bonds is 3. The first-order chi connectivity index (χ1) is 11.5. The molecular weight excluding hydrogens is 347 g/mol. The molecule has 0 aromatic heterocycles. The highest BCUT2D eigenvalue weighted by Gasteiger charge is 2.29. The quantitative estimate of drug-likeness (QED) is 0.737. The lowest BCUT2D eigenvalue weighted by atomic mass is 10.1. The van der Waals surface area contributed by atoms with Gasteiger partial charge in [-0.05, 0) is 37.3 Å². The molecule has 0 spiro atoms. The Bertz CT molecular complexity index is 875. The average Bonchev–Trinajstić information content (AvgIpc) is 2.86. The number of hydrazone groups is 1. The van der Waals surface area contributed by atoms with Crippen molar-refractivity contribution in [1.29, 1.82) is 0 Å². The minimum absolute atomic E-state index is 0.225. The summed E-state index contributed by atoms with van der Waals surface area (Å²) in [6.45, 7) is 1.79. The molecule has 0 aliphatic carbocycles. The van der Waals surface area contributed by atoms with Gasteiger partial charge in [0.25, 0.3) is 5.91 Å². The fourth-order valence-electron chi connectivity index (χ4n) is 2.42. The number of nitrogens with zero attached hydrogens (tertiary/aromatic N) is 2. The molecule has 0 saturated heterocycles. The van der Waals surface area contributed by atoms with Gasteiger partial charge in [-0.3, -0.25) is 4.79 Å². The molecule has 1 heterocycles. The maximum atomic E-state index is 12.7. The van der Waals surface area contributed by atoms with Crippen molar-refractivity contribution in [2.75, 3.05) is 12.1 Å². The Balaban J connectivity index is 1.98. The summed E-state index contributed by atoms with van der Waals surface area (Å²) in [5.74, 6) is 0.468. The number of hydrogen-bond donors (Lipinski definition) is 0. The molecule has 1 amide bonds. The zero-order chi connectivity index (χ0) is 17.3. The molecule has 0 saturated carbocycles. The van der Waals surface area contributed by atoms with Gasteiger partial charge in [0.15, 0.2) is 0 Å². The van der Waals surface area contributed by atoms with Crippen LogP contribution in [0.1, 0.15) is 12.5 Å². The lowest BCUT2D eigenvalue weighted by Gasteiger charge is -2.12. The highest BCUT2D eigenvalue weighted by Crippen LogP contribution is 2.31. The molecule has 0 fully saturated rings. The summed E-state index contributed by atoms with van der Waals surface area (Å²) in [6, 6.07) is 12.4. The molecule has 2 aromatic rings. The van der Waals surface area contributed by atoms with Crippen molar-refractivity contribution in [3.05, 3.63) is 63.6 Å². The largest absolute Gasteiger partial charge is 0.496 e. The van der Waals surface area contributed by atoms with Crippen molar-refractivity contribution in [3.63, 3.8) is 0 Å². The summed E-state index contributed by atoms with van der Waals surface area (Å²) in [5.41, 5.74) is 2.51. The van der Waals surface area contributed by atoms with Gasteiger partial charge in [0.05, 0.1) is 34.1 Å². The van der Waals surface area contributed by atoms with Crippen LogP contribution < -0.4 is 9.75 Å². The number of halogens is 2. The zero-order valence-corrected chi connectivity index (χ0v) is 14.6. The Morgan fingerprint density at radius 3 is 2.58 bits per heavy atom. The van der Waals surface area contributed by atoms with E-state index < -0.39 is 0 Å². The van der Waals surface area contributed by atoms with E-state index in [0.29, 0.717) is 32.8 Å². The first kappa shape index (κ1) is 16.6. The summed E-state index contributed by atoms with van der Waals surface area (Å²) in [5, 5.41) is 6.45. The summed E-state index contributed by atoms with van der Waals surface area (Å²) < 4.78 is 5.33. The fourth-order valence-corrected chi connectivity index (χ4v) is 2.71. The molecule has 1 aliphatic heterocycles. The highest BCUT2D eigenvalue weighted by molar-refractivity contribution is 6.42. The molecule has 0 unspecified atom stereocenters. The van der Waals surface area contributed by atoms with Crippen molar-refractivity contribution >= 4 is 46.6 Å². The third-order valence-electron chi connectivity index (χ3n) is 3.65. The number of amides is 1. The standard InChI is InChI=1S/C18H14Cl2N2O2/c1-11-14(9-12-5-3-4-6-17(12)24-2)18(23)22(21-11)13-7-8-15(19)16(20)10-13/h3-10H,1-2H3. The predicted molar refractivity (Wildman–Crippen MR) is 98.0 cm³/mol. The van der Waals surface area contributed by atoms with Crippen LogP contribution in [-0.2, 0) is 4.79 Å². The van der Waals surface area contributed by atoms with Gasteiger partial charge in [0.1, 0.15) is 5.75 Å². The second-order valence-corrected chi connectivity index (χ2v) is 6.02. The van der Waals surface area contributed by atoms with E-state index in [4.69, 9.17) is 27.9 Å². The van der Waals surface area contributed by atoms with Gasteiger partial charge in [-0.15, -0.1) is 0 Å². The van der Waals surface area contributed by atoms with Crippen LogP contribution in [-0.4, -0.2) is 18.7 Å². The fraction of sp³-hybridized carbons (Fsp3) is 0.111. The van der Waals surface area contributed by atoms with E-state index in [2.05, 4.69) is 5.10 Å². The normalized spacial score (nSPS) is 15.8. The van der Waals surface area contributed by atoms with Crippen molar-refractivity contribution in [2.24, 2.45) is 5.10 Å². The third kappa shape index (κ3) is 3.03. The van der Waals surface area contributed by atoms with Crippen LogP contribution in [0.25, 0.3) is 6.08 Å². The summed E-state index contributed by atoms with van der Waals surface area (Å²) >= 11 is 12.0. The number of anilines is 1. The van der Waals surface area contributed by atoms with Gasteiger partial charge >= 0.3 is 0 Å². The molecule has 3 rings (SSSR count). The van der Waals surface area contributed by atoms with Gasteiger partial charge < -0.3 is 4.74 Å². The molecule has 2 aromatic carbocycles. The molecule has 0 atom stereocenters. The van der Waals surface area contributed by atoms with Crippen LogP contribution in [0.2, 0.25) is 10.0 Å². The number of carbonyl (C=O) groups excluding carboxylic acids is 1. The Morgan fingerprint density at radius 1 is 1.12 bits per heavy atom. The van der Waals surface area contributed by atoms with Crippen LogP contribution >= 0.6 is 23.2 Å². The lowest BCUT2D eigenvalue weighted by Crippen LogP contribution is -2.21. The second kappa shape index (κ2) is 6.67. The summed E-state index contributed by atoms with van der Waals surface area (Å²) in [6.07, 6.45) is 1.78. The SMILES string of the molecule is COc1ccccc1C=C1C(=O)N(c2ccc(Cl)c(Cl)c2)N=C1C. The number of ether oxygens (including phenoxy) is 1. The topological polar surface area (TPSA) is 41.9 Å². The Labute approximate surface area is 149 Å². The first-order valence-corrected chi connectivity index (χ1v) is 7.96. The minimum atomic E-state index is -0.225. The Morgan fingerprint density at radius 2 is 1.88 bits per heavy atom. The van der Waals surface area contributed by atoms with Crippen molar-refractivity contribution in [2.45, 2.75) is 6.92 Å². The predicted octanol–water partition coefficient (Wildman–Crippen LogP) is 4.81. The minimum Gasteiger partial charge on any atom is -0.496 e. The second-order valence-electron chi connectivity index (χ2n) is 5.20. The van der Waals surface area contributed by atoms with Gasteiger partial charge in [-0.2, -0.15) is 10.1 Å². The van der Waals surface area contributed by atoms with Crippen LogP contribution in [0.5, 0.6) is 5.75 Å². The van der Waals surface area contributed by atoms with E-state index in [1.807, 2.05) is 24.3 Å².